The second-order valence-electron chi connectivity index (χ2n) is 4.94. The number of aliphatic carboxylic acids is 1. The van der Waals surface area contributed by atoms with E-state index in [1.54, 1.807) is 0 Å². The summed E-state index contributed by atoms with van der Waals surface area (Å²) in [5.74, 6) is -3.83. The first-order valence-corrected chi connectivity index (χ1v) is 6.97. The number of aliphatic hydroxyl groups is 1. The Labute approximate surface area is 128 Å². The van der Waals surface area contributed by atoms with Crippen LogP contribution in [0.4, 0.5) is 0 Å². The molecule has 0 bridgehead atoms. The molecule has 0 rings (SSSR count). The molecule has 0 aromatic carbocycles. The minimum atomic E-state index is -2.59. The number of Topliss-reactive ketones (excluding diaryl/α,β-unsaturated/α-hetero) is 1. The molecule has 0 amide bonds. The zero-order valence-electron chi connectivity index (χ0n) is 12.8. The van der Waals surface area contributed by atoms with Crippen molar-refractivity contribution in [3.05, 3.63) is 0 Å². The van der Waals surface area contributed by atoms with Crippen molar-refractivity contribution in [2.45, 2.75) is 51.6 Å². The average molecular weight is 318 g/mol. The predicted octanol–water partition coefficient (Wildman–Crippen LogP) is 0.448. The standard InChI is InChI=1S/C14H22O8/c1-3-4-6-21-11(16)8-14(20,13(18)19)9-12(17)22-7-5-10(2)15/h20H,3-9H2,1-2H3,(H,18,19). The third-order valence-electron chi connectivity index (χ3n) is 2.75. The SMILES string of the molecule is CCCCOC(=O)CC(O)(CC(=O)OCCC(C)=O)C(=O)O. The van der Waals surface area contributed by atoms with Crippen LogP contribution in [0.1, 0.15) is 46.0 Å². The van der Waals surface area contributed by atoms with Gasteiger partial charge in [-0.3, -0.25) is 14.4 Å². The van der Waals surface area contributed by atoms with Crippen molar-refractivity contribution in [2.75, 3.05) is 13.2 Å². The molecule has 0 saturated carbocycles. The lowest BCUT2D eigenvalue weighted by Gasteiger charge is -2.21. The quantitative estimate of drug-likeness (QED) is 0.415. The molecular weight excluding hydrogens is 296 g/mol. The topological polar surface area (TPSA) is 127 Å². The first-order valence-electron chi connectivity index (χ1n) is 6.97. The predicted molar refractivity (Wildman–Crippen MR) is 73.9 cm³/mol. The Balaban J connectivity index is 4.48. The van der Waals surface area contributed by atoms with Crippen LogP contribution in [0.15, 0.2) is 0 Å². The maximum absolute atomic E-state index is 11.5. The zero-order valence-corrected chi connectivity index (χ0v) is 12.8. The molecule has 0 radical (unpaired) electrons. The van der Waals surface area contributed by atoms with Gasteiger partial charge in [0.15, 0.2) is 5.60 Å². The van der Waals surface area contributed by atoms with E-state index in [1.807, 2.05) is 6.92 Å². The summed E-state index contributed by atoms with van der Waals surface area (Å²) >= 11 is 0. The van der Waals surface area contributed by atoms with Crippen molar-refractivity contribution in [1.29, 1.82) is 0 Å². The molecule has 0 saturated heterocycles. The summed E-state index contributed by atoms with van der Waals surface area (Å²) in [4.78, 5) is 44.7. The van der Waals surface area contributed by atoms with E-state index in [4.69, 9.17) is 9.84 Å². The molecule has 2 N–H and O–H groups in total. The van der Waals surface area contributed by atoms with E-state index in [2.05, 4.69) is 4.74 Å². The third kappa shape index (κ3) is 8.35. The summed E-state index contributed by atoms with van der Waals surface area (Å²) in [5, 5.41) is 18.9. The van der Waals surface area contributed by atoms with Gasteiger partial charge >= 0.3 is 17.9 Å². The normalized spacial score (nSPS) is 13.0. The summed E-state index contributed by atoms with van der Waals surface area (Å²) in [7, 11) is 0. The number of ketones is 1. The molecule has 0 aliphatic rings. The van der Waals surface area contributed by atoms with Crippen LogP contribution in [0, 0.1) is 0 Å². The lowest BCUT2D eigenvalue weighted by molar-refractivity contribution is -0.173. The van der Waals surface area contributed by atoms with E-state index in [0.717, 1.165) is 6.42 Å². The fourth-order valence-electron chi connectivity index (χ4n) is 1.43. The van der Waals surface area contributed by atoms with E-state index >= 15 is 0 Å². The fourth-order valence-corrected chi connectivity index (χ4v) is 1.43. The monoisotopic (exact) mass is 318 g/mol. The molecule has 8 nitrogen and oxygen atoms in total. The highest BCUT2D eigenvalue weighted by molar-refractivity contribution is 5.89. The number of rotatable bonds is 11. The number of ether oxygens (including phenoxy) is 2. The van der Waals surface area contributed by atoms with Crippen LogP contribution < -0.4 is 0 Å². The van der Waals surface area contributed by atoms with E-state index in [9.17, 15) is 24.3 Å². The van der Waals surface area contributed by atoms with Crippen LogP contribution in [-0.2, 0) is 28.7 Å². The number of carbonyl (C=O) groups is 4. The maximum atomic E-state index is 11.5. The summed E-state index contributed by atoms with van der Waals surface area (Å²) < 4.78 is 9.41. The van der Waals surface area contributed by atoms with Crippen molar-refractivity contribution in [3.63, 3.8) is 0 Å². The molecule has 1 atom stereocenters. The first-order chi connectivity index (χ1) is 10.2. The van der Waals surface area contributed by atoms with Gasteiger partial charge < -0.3 is 19.7 Å². The van der Waals surface area contributed by atoms with Gasteiger partial charge in [0.1, 0.15) is 5.78 Å². The van der Waals surface area contributed by atoms with Gasteiger partial charge in [-0.1, -0.05) is 13.3 Å². The Hall–Kier alpha value is -1.96. The number of hydrogen-bond acceptors (Lipinski definition) is 7. The molecule has 0 aromatic heterocycles. The second-order valence-corrected chi connectivity index (χ2v) is 4.94. The number of esters is 2. The van der Waals surface area contributed by atoms with Gasteiger partial charge in [-0.2, -0.15) is 0 Å². The summed E-state index contributed by atoms with van der Waals surface area (Å²) in [6.45, 7) is 3.12. The van der Waals surface area contributed by atoms with Crippen LogP contribution in [-0.4, -0.2) is 52.7 Å². The van der Waals surface area contributed by atoms with Gasteiger partial charge in [0.25, 0.3) is 0 Å². The fraction of sp³-hybridized carbons (Fsp3) is 0.714. The van der Waals surface area contributed by atoms with Crippen LogP contribution >= 0.6 is 0 Å². The highest BCUT2D eigenvalue weighted by Gasteiger charge is 2.41. The van der Waals surface area contributed by atoms with Gasteiger partial charge in [-0.05, 0) is 13.3 Å². The lowest BCUT2D eigenvalue weighted by atomic mass is 9.96. The average Bonchev–Trinajstić information content (AvgIpc) is 2.37. The van der Waals surface area contributed by atoms with Crippen molar-refractivity contribution in [2.24, 2.45) is 0 Å². The summed E-state index contributed by atoms with van der Waals surface area (Å²) in [5.41, 5.74) is -2.59. The molecule has 0 aromatic rings. The van der Waals surface area contributed by atoms with Crippen molar-refractivity contribution < 1.29 is 38.9 Å². The van der Waals surface area contributed by atoms with Crippen LogP contribution in [0.2, 0.25) is 0 Å². The molecule has 126 valence electrons. The van der Waals surface area contributed by atoms with Crippen molar-refractivity contribution >= 4 is 23.7 Å². The number of carbonyl (C=O) groups excluding carboxylic acids is 3. The molecule has 0 heterocycles. The number of carboxylic acids is 1. The minimum Gasteiger partial charge on any atom is -0.479 e. The summed E-state index contributed by atoms with van der Waals surface area (Å²) in [6, 6.07) is 0. The van der Waals surface area contributed by atoms with Crippen LogP contribution in [0.25, 0.3) is 0 Å². The van der Waals surface area contributed by atoms with Gasteiger partial charge in [0.2, 0.25) is 0 Å². The van der Waals surface area contributed by atoms with Crippen molar-refractivity contribution in [1.82, 2.24) is 0 Å². The van der Waals surface area contributed by atoms with Crippen molar-refractivity contribution in [3.8, 4) is 0 Å². The molecule has 22 heavy (non-hydrogen) atoms. The van der Waals surface area contributed by atoms with Gasteiger partial charge in [0.05, 0.1) is 26.1 Å². The molecule has 0 aliphatic heterocycles. The largest absolute Gasteiger partial charge is 0.479 e. The van der Waals surface area contributed by atoms with E-state index in [1.165, 1.54) is 6.92 Å². The number of carboxylic acid groups (broad SMARTS) is 1. The Bertz CT molecular complexity index is 417. The minimum absolute atomic E-state index is 0.00367. The van der Waals surface area contributed by atoms with Crippen LogP contribution in [0.5, 0.6) is 0 Å². The Morgan fingerprint density at radius 2 is 1.50 bits per heavy atom. The zero-order chi connectivity index (χ0) is 17.2. The maximum Gasteiger partial charge on any atom is 0.336 e. The number of hydrogen-bond donors (Lipinski definition) is 2. The molecule has 0 aliphatic carbocycles. The Morgan fingerprint density at radius 3 is 1.91 bits per heavy atom. The van der Waals surface area contributed by atoms with E-state index < -0.39 is 36.4 Å². The van der Waals surface area contributed by atoms with Gasteiger partial charge in [-0.25, -0.2) is 4.79 Å². The van der Waals surface area contributed by atoms with E-state index in [-0.39, 0.29) is 25.4 Å². The highest BCUT2D eigenvalue weighted by atomic mass is 16.5. The van der Waals surface area contributed by atoms with E-state index in [0.29, 0.717) is 6.42 Å². The molecule has 0 fully saturated rings. The highest BCUT2D eigenvalue weighted by Crippen LogP contribution is 2.18. The Morgan fingerprint density at radius 1 is 1.00 bits per heavy atom. The number of unbranched alkanes of at least 4 members (excludes halogenated alkanes) is 1. The van der Waals surface area contributed by atoms with Gasteiger partial charge in [-0.15, -0.1) is 0 Å². The molecular formula is C14H22O8. The molecule has 1 unspecified atom stereocenters. The lowest BCUT2D eigenvalue weighted by Crippen LogP contribution is -2.43. The molecule has 0 spiro atoms. The summed E-state index contributed by atoms with van der Waals surface area (Å²) in [6.07, 6.45) is -0.351. The smallest absolute Gasteiger partial charge is 0.336 e. The van der Waals surface area contributed by atoms with Gasteiger partial charge in [0, 0.05) is 6.42 Å². The third-order valence-corrected chi connectivity index (χ3v) is 2.75. The molecule has 8 heteroatoms. The second kappa shape index (κ2) is 9.88. The van der Waals surface area contributed by atoms with Crippen LogP contribution in [0.3, 0.4) is 0 Å². The Kier molecular flexibility index (Phi) is 9.00. The first kappa shape index (κ1) is 20.0.